The van der Waals surface area contributed by atoms with Crippen molar-refractivity contribution in [1.82, 2.24) is 5.32 Å². The molecule has 2 aliphatic heterocycles. The maximum absolute atomic E-state index is 13.0. The number of rotatable bonds is 2. The van der Waals surface area contributed by atoms with Gasteiger partial charge in [-0.15, -0.1) is 0 Å². The van der Waals surface area contributed by atoms with Crippen LogP contribution in [-0.4, -0.2) is 42.2 Å². The third-order valence-corrected chi connectivity index (χ3v) is 5.32. The normalized spacial score (nSPS) is 39.2. The minimum absolute atomic E-state index is 0.0794. The lowest BCUT2D eigenvalue weighted by atomic mass is 9.83. The predicted molar refractivity (Wildman–Crippen MR) is 64.7 cm³/mol. The third kappa shape index (κ3) is 2.34. The first-order valence-corrected chi connectivity index (χ1v) is 7.61. The second-order valence-electron chi connectivity index (χ2n) is 5.43. The molecule has 5 heteroatoms. The lowest BCUT2D eigenvalue weighted by Gasteiger charge is -2.47. The first-order valence-electron chi connectivity index (χ1n) is 6.45. The SMILES string of the molecule is FC1(F)CC1CC1NCCOC12CCSCC2. The van der Waals surface area contributed by atoms with E-state index in [9.17, 15) is 8.78 Å². The van der Waals surface area contributed by atoms with E-state index in [-0.39, 0.29) is 18.1 Å². The van der Waals surface area contributed by atoms with Crippen molar-refractivity contribution in [3.63, 3.8) is 0 Å². The molecule has 2 saturated heterocycles. The van der Waals surface area contributed by atoms with Gasteiger partial charge in [-0.2, -0.15) is 11.8 Å². The van der Waals surface area contributed by atoms with E-state index in [1.807, 2.05) is 11.8 Å². The first kappa shape index (κ1) is 12.2. The molecule has 2 heterocycles. The highest BCUT2D eigenvalue weighted by molar-refractivity contribution is 7.99. The molecule has 3 fully saturated rings. The van der Waals surface area contributed by atoms with Gasteiger partial charge in [-0.25, -0.2) is 8.78 Å². The van der Waals surface area contributed by atoms with E-state index in [1.165, 1.54) is 0 Å². The van der Waals surface area contributed by atoms with Gasteiger partial charge in [-0.1, -0.05) is 0 Å². The molecule has 0 amide bonds. The fourth-order valence-corrected chi connectivity index (χ4v) is 4.28. The average Bonchev–Trinajstić information content (AvgIpc) is 2.91. The first-order chi connectivity index (χ1) is 8.12. The van der Waals surface area contributed by atoms with Crippen molar-refractivity contribution in [3.05, 3.63) is 0 Å². The number of halogens is 2. The standard InChI is InChI=1S/C12H19F2NOS/c13-12(14)8-9(12)7-10-11(16-4-3-15-10)1-5-17-6-2-11/h9-10,15H,1-8H2. The summed E-state index contributed by atoms with van der Waals surface area (Å²) >= 11 is 1.94. The van der Waals surface area contributed by atoms with Gasteiger partial charge in [0.05, 0.1) is 12.2 Å². The molecule has 17 heavy (non-hydrogen) atoms. The van der Waals surface area contributed by atoms with Crippen molar-refractivity contribution < 1.29 is 13.5 Å². The van der Waals surface area contributed by atoms with Crippen LogP contribution in [0.2, 0.25) is 0 Å². The van der Waals surface area contributed by atoms with Crippen LogP contribution in [0.4, 0.5) is 8.78 Å². The van der Waals surface area contributed by atoms with Gasteiger partial charge in [0.15, 0.2) is 0 Å². The molecule has 0 aromatic rings. The molecule has 1 spiro atoms. The lowest BCUT2D eigenvalue weighted by molar-refractivity contribution is -0.106. The zero-order valence-corrected chi connectivity index (χ0v) is 10.7. The molecule has 98 valence electrons. The molecule has 0 radical (unpaired) electrons. The number of hydrogen-bond donors (Lipinski definition) is 1. The quantitative estimate of drug-likeness (QED) is 0.826. The molecule has 0 aromatic carbocycles. The van der Waals surface area contributed by atoms with Crippen LogP contribution in [0.5, 0.6) is 0 Å². The van der Waals surface area contributed by atoms with E-state index in [4.69, 9.17) is 4.74 Å². The molecular weight excluding hydrogens is 244 g/mol. The molecule has 0 bridgehead atoms. The van der Waals surface area contributed by atoms with Crippen molar-refractivity contribution in [2.75, 3.05) is 24.7 Å². The van der Waals surface area contributed by atoms with Crippen LogP contribution in [0.15, 0.2) is 0 Å². The maximum atomic E-state index is 13.0. The number of morpholine rings is 1. The Morgan fingerprint density at radius 1 is 1.29 bits per heavy atom. The second kappa shape index (κ2) is 4.35. The number of nitrogens with one attached hydrogen (secondary N) is 1. The van der Waals surface area contributed by atoms with Crippen LogP contribution in [0.1, 0.15) is 25.7 Å². The van der Waals surface area contributed by atoms with Crippen molar-refractivity contribution in [2.24, 2.45) is 5.92 Å². The summed E-state index contributed by atoms with van der Waals surface area (Å²) in [5.74, 6) is -0.615. The molecule has 2 unspecified atom stereocenters. The van der Waals surface area contributed by atoms with Gasteiger partial charge in [0.25, 0.3) is 5.92 Å². The summed E-state index contributed by atoms with van der Waals surface area (Å²) in [6, 6.07) is 0.135. The van der Waals surface area contributed by atoms with Gasteiger partial charge >= 0.3 is 0 Å². The van der Waals surface area contributed by atoms with Crippen LogP contribution in [0.25, 0.3) is 0 Å². The van der Waals surface area contributed by atoms with E-state index in [2.05, 4.69) is 5.32 Å². The number of alkyl halides is 2. The summed E-state index contributed by atoms with van der Waals surface area (Å²) in [5.41, 5.74) is -0.151. The largest absolute Gasteiger partial charge is 0.372 e. The predicted octanol–water partition coefficient (Wildman–Crippen LogP) is 2.29. The minimum atomic E-state index is -2.40. The summed E-state index contributed by atoms with van der Waals surface area (Å²) in [6.45, 7) is 1.53. The van der Waals surface area contributed by atoms with Gasteiger partial charge in [-0.3, -0.25) is 0 Å². The Balaban J connectivity index is 1.67. The molecule has 3 aliphatic rings. The molecular formula is C12H19F2NOS. The highest BCUT2D eigenvalue weighted by Gasteiger charge is 2.59. The topological polar surface area (TPSA) is 21.3 Å². The number of hydrogen-bond acceptors (Lipinski definition) is 3. The van der Waals surface area contributed by atoms with Gasteiger partial charge in [-0.05, 0) is 30.8 Å². The van der Waals surface area contributed by atoms with E-state index in [0.717, 1.165) is 37.5 Å². The molecule has 2 atom stereocenters. The Morgan fingerprint density at radius 2 is 2.00 bits per heavy atom. The Kier molecular flexibility index (Phi) is 3.12. The zero-order valence-electron chi connectivity index (χ0n) is 9.88. The lowest BCUT2D eigenvalue weighted by Crippen LogP contribution is -2.59. The Labute approximate surface area is 105 Å². The van der Waals surface area contributed by atoms with E-state index >= 15 is 0 Å². The third-order valence-electron chi connectivity index (χ3n) is 4.33. The smallest absolute Gasteiger partial charge is 0.251 e. The summed E-state index contributed by atoms with van der Waals surface area (Å²) in [7, 11) is 0. The fraction of sp³-hybridized carbons (Fsp3) is 1.00. The molecule has 3 rings (SSSR count). The van der Waals surface area contributed by atoms with Gasteiger partial charge in [0.1, 0.15) is 0 Å². The van der Waals surface area contributed by atoms with E-state index in [1.54, 1.807) is 0 Å². The molecule has 0 aromatic heterocycles. The molecule has 1 N–H and O–H groups in total. The van der Waals surface area contributed by atoms with Crippen molar-refractivity contribution in [2.45, 2.75) is 43.2 Å². The fourth-order valence-electron chi connectivity index (χ4n) is 3.09. The second-order valence-corrected chi connectivity index (χ2v) is 6.65. The molecule has 2 nitrogen and oxygen atoms in total. The maximum Gasteiger partial charge on any atom is 0.251 e. The molecule has 1 aliphatic carbocycles. The van der Waals surface area contributed by atoms with Gasteiger partial charge < -0.3 is 10.1 Å². The van der Waals surface area contributed by atoms with E-state index in [0.29, 0.717) is 6.42 Å². The van der Waals surface area contributed by atoms with E-state index < -0.39 is 11.8 Å². The van der Waals surface area contributed by atoms with Crippen LogP contribution < -0.4 is 5.32 Å². The highest BCUT2D eigenvalue weighted by atomic mass is 32.2. The van der Waals surface area contributed by atoms with Gasteiger partial charge in [0.2, 0.25) is 0 Å². The monoisotopic (exact) mass is 263 g/mol. The number of thioether (sulfide) groups is 1. The van der Waals surface area contributed by atoms with Crippen molar-refractivity contribution >= 4 is 11.8 Å². The zero-order chi connectivity index (χ0) is 11.9. The summed E-state index contributed by atoms with van der Waals surface area (Å²) in [6.07, 6.45) is 2.68. The minimum Gasteiger partial charge on any atom is -0.372 e. The van der Waals surface area contributed by atoms with Crippen LogP contribution in [0.3, 0.4) is 0 Å². The summed E-state index contributed by atoms with van der Waals surface area (Å²) < 4.78 is 32.1. The summed E-state index contributed by atoms with van der Waals surface area (Å²) in [5, 5.41) is 3.42. The summed E-state index contributed by atoms with van der Waals surface area (Å²) in [4.78, 5) is 0. The molecule has 1 saturated carbocycles. The van der Waals surface area contributed by atoms with Crippen LogP contribution in [0, 0.1) is 5.92 Å². The van der Waals surface area contributed by atoms with Gasteiger partial charge in [0, 0.05) is 24.9 Å². The Hall–Kier alpha value is 0.130. The average molecular weight is 263 g/mol. The Morgan fingerprint density at radius 3 is 2.65 bits per heavy atom. The van der Waals surface area contributed by atoms with Crippen molar-refractivity contribution in [1.29, 1.82) is 0 Å². The highest BCUT2D eigenvalue weighted by Crippen LogP contribution is 2.52. The van der Waals surface area contributed by atoms with Crippen LogP contribution >= 0.6 is 11.8 Å². The number of ether oxygens (including phenoxy) is 1. The Bertz CT molecular complexity index is 286. The van der Waals surface area contributed by atoms with Crippen LogP contribution in [-0.2, 0) is 4.74 Å². The van der Waals surface area contributed by atoms with Crippen molar-refractivity contribution in [3.8, 4) is 0 Å².